The van der Waals surface area contributed by atoms with Gasteiger partial charge in [0.15, 0.2) is 0 Å². The molecular formula is C24H36CuN2. The fourth-order valence-electron chi connectivity index (χ4n) is 4.76. The van der Waals surface area contributed by atoms with Crippen LogP contribution >= 0.6 is 0 Å². The second-order valence-electron chi connectivity index (χ2n) is 8.47. The maximum atomic E-state index is 6.14. The van der Waals surface area contributed by atoms with E-state index >= 15 is 0 Å². The predicted molar refractivity (Wildman–Crippen MR) is 111 cm³/mol. The van der Waals surface area contributed by atoms with Crippen LogP contribution < -0.4 is 0 Å². The van der Waals surface area contributed by atoms with E-state index in [4.69, 9.17) is 15.6 Å². The zero-order valence-electron chi connectivity index (χ0n) is 17.4. The van der Waals surface area contributed by atoms with Crippen LogP contribution in [0, 0.1) is 25.1 Å². The summed E-state index contributed by atoms with van der Waals surface area (Å²) in [6.07, 6.45) is 19.4. The van der Waals surface area contributed by atoms with Gasteiger partial charge in [0.05, 0.1) is 0 Å². The van der Waals surface area contributed by atoms with Crippen molar-refractivity contribution < 1.29 is 15.6 Å². The van der Waals surface area contributed by atoms with E-state index in [9.17, 15) is 0 Å². The van der Waals surface area contributed by atoms with Crippen molar-refractivity contribution in [2.24, 2.45) is 0 Å². The molecular weight excluding hydrogens is 380 g/mol. The van der Waals surface area contributed by atoms with Gasteiger partial charge in [-0.1, -0.05) is 0 Å². The number of rotatable bonds is 2. The quantitative estimate of drug-likeness (QED) is 0.461. The molecule has 1 aliphatic carbocycles. The Morgan fingerprint density at radius 2 is 1.22 bits per heavy atom. The first-order valence-corrected chi connectivity index (χ1v) is 11.4. The Labute approximate surface area is 173 Å². The maximum absolute atomic E-state index is 6.14. The topological polar surface area (TPSA) is 9.86 Å². The Balaban J connectivity index is 1.85. The predicted octanol–water partition coefficient (Wildman–Crippen LogP) is 7.13. The molecule has 0 amide bonds. The van der Waals surface area contributed by atoms with Crippen molar-refractivity contribution in [3.63, 3.8) is 0 Å². The molecule has 0 radical (unpaired) electrons. The zero-order chi connectivity index (χ0) is 19.2. The SMILES string of the molecule is Cc1cc(C)c(-n2ccn(C3CCCCCCCCCCC3)[c]2=[Cu])c(C)c1. The van der Waals surface area contributed by atoms with Crippen LogP contribution in [0.25, 0.3) is 5.69 Å². The molecule has 27 heavy (non-hydrogen) atoms. The van der Waals surface area contributed by atoms with Crippen LogP contribution in [0.2, 0.25) is 0 Å². The van der Waals surface area contributed by atoms with Crippen LogP contribution in [0.3, 0.4) is 0 Å². The summed E-state index contributed by atoms with van der Waals surface area (Å²) in [7, 11) is 0. The molecule has 0 atom stereocenters. The molecule has 0 saturated heterocycles. The molecule has 1 aromatic heterocycles. The fourth-order valence-corrected chi connectivity index (χ4v) is 5.18. The van der Waals surface area contributed by atoms with Gasteiger partial charge < -0.3 is 0 Å². The van der Waals surface area contributed by atoms with Crippen molar-refractivity contribution >= 4 is 0 Å². The van der Waals surface area contributed by atoms with Gasteiger partial charge in [0, 0.05) is 0 Å². The molecule has 0 aliphatic heterocycles. The number of hydrogen-bond donors (Lipinski definition) is 0. The molecule has 1 saturated carbocycles. The summed E-state index contributed by atoms with van der Waals surface area (Å²) in [5.74, 6) is 0. The van der Waals surface area contributed by atoms with Gasteiger partial charge in [-0.05, 0) is 0 Å². The van der Waals surface area contributed by atoms with E-state index in [1.165, 1.54) is 93.0 Å². The van der Waals surface area contributed by atoms with Crippen LogP contribution in [-0.4, -0.2) is 9.13 Å². The van der Waals surface area contributed by atoms with E-state index in [0.717, 1.165) is 4.32 Å². The normalized spacial score (nSPS) is 18.1. The van der Waals surface area contributed by atoms with Crippen molar-refractivity contribution in [3.8, 4) is 5.69 Å². The summed E-state index contributed by atoms with van der Waals surface area (Å²) in [5, 5.41) is 0. The van der Waals surface area contributed by atoms with Crippen LogP contribution in [0.4, 0.5) is 0 Å². The van der Waals surface area contributed by atoms with Gasteiger partial charge in [-0.15, -0.1) is 0 Å². The van der Waals surface area contributed by atoms with Crippen LogP contribution in [0.1, 0.15) is 93.4 Å². The molecule has 1 aliphatic rings. The standard InChI is InChI=1S/C24H36N2.Cu/c1-20-17-21(2)24(22(3)18-20)26-16-15-25(19-26)23-13-11-9-7-5-4-6-8-10-12-14-23;/h15-18,23H,4-14H2,1-3H3;. The number of aryl methyl sites for hydroxylation is 3. The molecule has 2 nitrogen and oxygen atoms in total. The van der Waals surface area contributed by atoms with Gasteiger partial charge in [-0.3, -0.25) is 0 Å². The molecule has 1 fully saturated rings. The van der Waals surface area contributed by atoms with Gasteiger partial charge in [0.25, 0.3) is 0 Å². The number of nitrogens with zero attached hydrogens (tertiary/aromatic N) is 2. The van der Waals surface area contributed by atoms with Crippen molar-refractivity contribution in [3.05, 3.63) is 45.5 Å². The summed E-state index contributed by atoms with van der Waals surface area (Å²) < 4.78 is 5.54. The van der Waals surface area contributed by atoms with Crippen molar-refractivity contribution in [1.29, 1.82) is 0 Å². The van der Waals surface area contributed by atoms with Gasteiger partial charge in [0.2, 0.25) is 0 Å². The number of aromatic nitrogens is 2. The van der Waals surface area contributed by atoms with E-state index in [1.807, 2.05) is 0 Å². The minimum atomic E-state index is 0.554. The Bertz CT molecular complexity index is 764. The molecule has 1 aromatic carbocycles. The van der Waals surface area contributed by atoms with E-state index in [0.29, 0.717) is 6.04 Å². The summed E-state index contributed by atoms with van der Waals surface area (Å²) >= 11 is 6.14. The summed E-state index contributed by atoms with van der Waals surface area (Å²) in [4.78, 5) is 0. The van der Waals surface area contributed by atoms with Gasteiger partial charge >= 0.3 is 173 Å². The molecule has 0 N–H and O–H groups in total. The first kappa shape index (κ1) is 20.7. The summed E-state index contributed by atoms with van der Waals surface area (Å²) in [6.45, 7) is 6.56. The van der Waals surface area contributed by atoms with Crippen molar-refractivity contribution in [2.75, 3.05) is 0 Å². The number of hydrogen-bond acceptors (Lipinski definition) is 0. The second kappa shape index (κ2) is 9.94. The van der Waals surface area contributed by atoms with Crippen LogP contribution in [-0.2, 0) is 15.6 Å². The zero-order valence-corrected chi connectivity index (χ0v) is 18.3. The monoisotopic (exact) mass is 415 g/mol. The third kappa shape index (κ3) is 5.27. The first-order chi connectivity index (χ1) is 13.1. The van der Waals surface area contributed by atoms with Gasteiger partial charge in [-0.25, -0.2) is 0 Å². The van der Waals surface area contributed by atoms with Crippen LogP contribution in [0.15, 0.2) is 24.5 Å². The number of imidazole rings is 1. The second-order valence-corrected chi connectivity index (χ2v) is 8.89. The Hall–Kier alpha value is -1.05. The molecule has 153 valence electrons. The molecule has 0 bridgehead atoms. The average Bonchev–Trinajstić information content (AvgIpc) is 2.96. The number of benzene rings is 1. The van der Waals surface area contributed by atoms with E-state index < -0.39 is 0 Å². The molecule has 0 unspecified atom stereocenters. The third-order valence-corrected chi connectivity index (χ3v) is 6.56. The third-order valence-electron chi connectivity index (χ3n) is 6.09. The van der Waals surface area contributed by atoms with Crippen LogP contribution in [0.5, 0.6) is 0 Å². The van der Waals surface area contributed by atoms with E-state index in [2.05, 4.69) is 54.4 Å². The Kier molecular flexibility index (Phi) is 7.61. The summed E-state index contributed by atoms with van der Waals surface area (Å²) in [6, 6.07) is 5.07. The average molecular weight is 416 g/mol. The first-order valence-electron chi connectivity index (χ1n) is 10.9. The Morgan fingerprint density at radius 3 is 1.74 bits per heavy atom. The molecule has 3 heteroatoms. The van der Waals surface area contributed by atoms with Gasteiger partial charge in [0.1, 0.15) is 0 Å². The van der Waals surface area contributed by atoms with Crippen molar-refractivity contribution in [2.45, 2.75) is 97.4 Å². The fraction of sp³-hybridized carbons (Fsp3) is 0.625. The molecule has 3 rings (SSSR count). The van der Waals surface area contributed by atoms with E-state index in [1.54, 1.807) is 0 Å². The van der Waals surface area contributed by atoms with Gasteiger partial charge in [-0.2, -0.15) is 0 Å². The Morgan fingerprint density at radius 1 is 0.741 bits per heavy atom. The minimum absolute atomic E-state index is 0.554. The molecule has 0 spiro atoms. The van der Waals surface area contributed by atoms with E-state index in [-0.39, 0.29) is 0 Å². The molecule has 2 aromatic rings. The molecule has 1 heterocycles. The van der Waals surface area contributed by atoms with Crippen molar-refractivity contribution in [1.82, 2.24) is 9.13 Å². The summed E-state index contributed by atoms with van der Waals surface area (Å²) in [5.41, 5.74) is 5.18.